The molecule has 25 heavy (non-hydrogen) atoms. The lowest BCUT2D eigenvalue weighted by Crippen LogP contribution is -2.69. The van der Waals surface area contributed by atoms with Crippen LogP contribution in [-0.2, 0) is 0 Å². The molecule has 0 radical (unpaired) electrons. The number of hydrogen-bond donors (Lipinski definition) is 0. The molecule has 0 aromatic heterocycles. The molecule has 0 heterocycles. The van der Waals surface area contributed by atoms with Crippen LogP contribution in [0.4, 0.5) is 0 Å². The van der Waals surface area contributed by atoms with Gasteiger partial charge in [-0.3, -0.25) is 0 Å². The summed E-state index contributed by atoms with van der Waals surface area (Å²) in [6, 6.07) is 2.19. The van der Waals surface area contributed by atoms with Crippen molar-refractivity contribution in [2.75, 3.05) is 19.6 Å². The van der Waals surface area contributed by atoms with Crippen molar-refractivity contribution in [2.24, 2.45) is 0 Å². The van der Waals surface area contributed by atoms with Gasteiger partial charge in [-0.2, -0.15) is 0 Å². The van der Waals surface area contributed by atoms with Crippen LogP contribution in [0.5, 0.6) is 0 Å². The Morgan fingerprint density at radius 3 is 0.760 bits per heavy atom. The van der Waals surface area contributed by atoms with Gasteiger partial charge in [-0.1, -0.05) is 62.3 Å². The minimum atomic E-state index is -1.36. The molecule has 0 N–H and O–H groups in total. The first-order chi connectivity index (χ1) is 12.0. The summed E-state index contributed by atoms with van der Waals surface area (Å²) in [6.45, 7) is 25.0. The van der Waals surface area contributed by atoms with Crippen molar-refractivity contribution >= 4 is 14.8 Å². The topological polar surface area (TPSA) is 9.72 Å². The zero-order valence-electron chi connectivity index (χ0n) is 19.0. The molecule has 0 rings (SSSR count). The summed E-state index contributed by atoms with van der Waals surface area (Å²) in [5.41, 5.74) is 0. The summed E-state index contributed by atoms with van der Waals surface area (Å²) < 4.78 is 8.80. The van der Waals surface area contributed by atoms with Crippen LogP contribution in [0.1, 0.15) is 101 Å². The van der Waals surface area contributed by atoms with Crippen molar-refractivity contribution in [2.45, 2.75) is 119 Å². The first-order valence-electron chi connectivity index (χ1n) is 11.3. The number of hydrogen-bond acceptors (Lipinski definition) is 3. The zero-order chi connectivity index (χ0) is 19.4. The van der Waals surface area contributed by atoms with Gasteiger partial charge in [-0.15, -0.1) is 0 Å². The minimum absolute atomic E-state index is 0.730. The van der Waals surface area contributed by atoms with Gasteiger partial charge in [-0.25, -0.2) is 0 Å². The fourth-order valence-corrected chi connectivity index (χ4v) is 9.19. The molecule has 3 nitrogen and oxygen atoms in total. The Morgan fingerprint density at radius 2 is 0.640 bits per heavy atom. The summed E-state index contributed by atoms with van der Waals surface area (Å²) in [6.07, 6.45) is 7.64. The number of rotatable bonds is 15. The van der Waals surface area contributed by atoms with E-state index in [9.17, 15) is 0 Å². The molecule has 0 bridgehead atoms. The van der Waals surface area contributed by atoms with Crippen molar-refractivity contribution in [3.63, 3.8) is 0 Å². The normalized spacial score (nSPS) is 12.6. The lowest BCUT2D eigenvalue weighted by Gasteiger charge is -2.48. The quantitative estimate of drug-likeness (QED) is 0.353. The van der Waals surface area contributed by atoms with E-state index in [-0.39, 0.29) is 0 Å². The van der Waals surface area contributed by atoms with Crippen molar-refractivity contribution in [1.29, 1.82) is 0 Å². The molecule has 0 aromatic rings. The van der Waals surface area contributed by atoms with Crippen molar-refractivity contribution < 1.29 is 0 Å². The lowest BCUT2D eigenvalue weighted by molar-refractivity contribution is 0.174. The molecule has 150 valence electrons. The third kappa shape index (κ3) is 6.82. The summed E-state index contributed by atoms with van der Waals surface area (Å²) in [4.78, 5) is 0. The van der Waals surface area contributed by atoms with Crippen LogP contribution in [0.2, 0.25) is 0 Å². The van der Waals surface area contributed by atoms with Crippen LogP contribution >= 0.6 is 0 Å². The van der Waals surface area contributed by atoms with Gasteiger partial charge in [-0.05, 0) is 76.3 Å². The molecule has 0 aliphatic heterocycles. The SMILES string of the molecule is CCC(CC)[N](CC)[Al]([N](CC)C(CC)CC)[N](CC)C(CC)CC. The Balaban J connectivity index is 6.04. The Kier molecular flexibility index (Phi) is 14.7. The predicted molar refractivity (Wildman–Crippen MR) is 116 cm³/mol. The fourth-order valence-electron chi connectivity index (χ4n) is 4.67. The van der Waals surface area contributed by atoms with E-state index in [2.05, 4.69) is 74.0 Å². The van der Waals surface area contributed by atoms with Gasteiger partial charge in [0.25, 0.3) is 0 Å². The van der Waals surface area contributed by atoms with E-state index in [0.717, 1.165) is 18.1 Å². The van der Waals surface area contributed by atoms with Crippen LogP contribution in [0, 0.1) is 0 Å². The molecule has 0 aliphatic carbocycles. The third-order valence-electron chi connectivity index (χ3n) is 6.22. The predicted octanol–water partition coefficient (Wildman–Crippen LogP) is 5.50. The molecular formula is C21H48AlN3. The maximum absolute atomic E-state index is 2.93. The van der Waals surface area contributed by atoms with Gasteiger partial charge in [0.15, 0.2) is 0 Å². The minimum Gasteiger partial charge on any atom is -0.354 e. The molecule has 0 saturated carbocycles. The van der Waals surface area contributed by atoms with E-state index in [0.29, 0.717) is 0 Å². The Labute approximate surface area is 165 Å². The Hall–Kier alpha value is 0.412. The molecule has 0 atom stereocenters. The zero-order valence-corrected chi connectivity index (χ0v) is 20.2. The van der Waals surface area contributed by atoms with Gasteiger partial charge in [0.2, 0.25) is 0 Å². The maximum Gasteiger partial charge on any atom is 0.609 e. The van der Waals surface area contributed by atoms with Gasteiger partial charge in [0, 0.05) is 0 Å². The highest BCUT2D eigenvalue weighted by molar-refractivity contribution is 6.50. The van der Waals surface area contributed by atoms with Crippen LogP contribution < -0.4 is 0 Å². The first-order valence-corrected chi connectivity index (χ1v) is 12.9. The second kappa shape index (κ2) is 14.5. The van der Waals surface area contributed by atoms with E-state index in [1.807, 2.05) is 0 Å². The van der Waals surface area contributed by atoms with E-state index >= 15 is 0 Å². The fraction of sp³-hybridized carbons (Fsp3) is 1.00. The van der Waals surface area contributed by atoms with E-state index in [4.69, 9.17) is 0 Å². The van der Waals surface area contributed by atoms with Crippen LogP contribution in [0.15, 0.2) is 0 Å². The molecule has 0 fully saturated rings. The van der Waals surface area contributed by atoms with Gasteiger partial charge in [0.1, 0.15) is 0 Å². The average molecular weight is 370 g/mol. The first kappa shape index (κ1) is 25.4. The highest BCUT2D eigenvalue weighted by Gasteiger charge is 2.45. The maximum atomic E-state index is 2.93. The molecule has 0 aromatic carbocycles. The molecule has 0 amide bonds. The van der Waals surface area contributed by atoms with Crippen molar-refractivity contribution in [1.82, 2.24) is 11.7 Å². The second-order valence-corrected chi connectivity index (χ2v) is 9.93. The molecule has 0 aliphatic rings. The summed E-state index contributed by atoms with van der Waals surface area (Å²) in [5.74, 6) is 0. The van der Waals surface area contributed by atoms with E-state index < -0.39 is 14.8 Å². The molecular weight excluding hydrogens is 321 g/mol. The third-order valence-corrected chi connectivity index (χ3v) is 10.4. The van der Waals surface area contributed by atoms with Crippen LogP contribution in [0.3, 0.4) is 0 Å². The van der Waals surface area contributed by atoms with Gasteiger partial charge in [0.05, 0.1) is 0 Å². The van der Waals surface area contributed by atoms with Crippen LogP contribution in [-0.4, -0.2) is 64.2 Å². The van der Waals surface area contributed by atoms with Gasteiger partial charge >= 0.3 is 14.8 Å². The average Bonchev–Trinajstić information content (AvgIpc) is 2.65. The molecule has 0 spiro atoms. The highest BCUT2D eigenvalue weighted by atomic mass is 27.2. The standard InChI is InChI=1S/3C7H16N.Al/c3*1-4-7(5-2)8-6-3;/h3*7H,4-6H2,1-3H3;/q3*-1;+3. The smallest absolute Gasteiger partial charge is 0.354 e. The van der Waals surface area contributed by atoms with E-state index in [1.54, 1.807) is 0 Å². The van der Waals surface area contributed by atoms with Crippen molar-refractivity contribution in [3.8, 4) is 0 Å². The monoisotopic (exact) mass is 369 g/mol. The summed E-state index contributed by atoms with van der Waals surface area (Å²) >= 11 is -1.36. The molecule has 4 heteroatoms. The number of nitrogens with zero attached hydrogens (tertiary/aromatic N) is 3. The summed E-state index contributed by atoms with van der Waals surface area (Å²) in [7, 11) is 0. The van der Waals surface area contributed by atoms with Gasteiger partial charge < -0.3 is 11.7 Å². The van der Waals surface area contributed by atoms with E-state index in [1.165, 1.54) is 58.2 Å². The largest absolute Gasteiger partial charge is 0.609 e. The highest BCUT2D eigenvalue weighted by Crippen LogP contribution is 2.23. The lowest BCUT2D eigenvalue weighted by atomic mass is 10.2. The molecule has 0 saturated heterocycles. The van der Waals surface area contributed by atoms with Crippen LogP contribution in [0.25, 0.3) is 0 Å². The Bertz CT molecular complexity index is 254. The van der Waals surface area contributed by atoms with Crippen molar-refractivity contribution in [3.05, 3.63) is 0 Å². The summed E-state index contributed by atoms with van der Waals surface area (Å²) in [5, 5.41) is 0. The second-order valence-electron chi connectivity index (χ2n) is 7.25. The molecule has 0 unspecified atom stereocenters. The Morgan fingerprint density at radius 1 is 0.440 bits per heavy atom.